The predicted molar refractivity (Wildman–Crippen MR) is 73.9 cm³/mol. The topological polar surface area (TPSA) is 100 Å². The lowest BCUT2D eigenvalue weighted by molar-refractivity contribution is 0.0945. The molecule has 0 saturated heterocycles. The second-order valence-corrected chi connectivity index (χ2v) is 5.03. The molecule has 1 aromatic rings. The first kappa shape index (κ1) is 14.7. The van der Waals surface area contributed by atoms with Crippen molar-refractivity contribution >= 4 is 28.3 Å². The molecule has 0 saturated carbocycles. The van der Waals surface area contributed by atoms with E-state index < -0.39 is 0 Å². The van der Waals surface area contributed by atoms with Crippen LogP contribution < -0.4 is 16.4 Å². The first-order chi connectivity index (χ1) is 8.56. The van der Waals surface area contributed by atoms with Crippen molar-refractivity contribution in [3.05, 3.63) is 5.56 Å². The lowest BCUT2D eigenvalue weighted by Crippen LogP contribution is -2.30. The van der Waals surface area contributed by atoms with Crippen LogP contribution >= 0.6 is 11.5 Å². The van der Waals surface area contributed by atoms with E-state index in [0.717, 1.165) is 12.8 Å². The van der Waals surface area contributed by atoms with Crippen LogP contribution in [0.2, 0.25) is 0 Å². The van der Waals surface area contributed by atoms with Gasteiger partial charge in [-0.25, -0.2) is 0 Å². The molecule has 0 atom stereocenters. The summed E-state index contributed by atoms with van der Waals surface area (Å²) in [6.45, 7) is 4.64. The number of aliphatic hydroxyl groups excluding tert-OH is 1. The number of anilines is 2. The highest BCUT2D eigenvalue weighted by Gasteiger charge is 2.19. The van der Waals surface area contributed by atoms with Gasteiger partial charge in [0, 0.05) is 19.2 Å². The van der Waals surface area contributed by atoms with Crippen molar-refractivity contribution in [3.63, 3.8) is 0 Å². The first-order valence-corrected chi connectivity index (χ1v) is 6.74. The van der Waals surface area contributed by atoms with Gasteiger partial charge in [0.15, 0.2) is 5.82 Å². The lowest BCUT2D eigenvalue weighted by atomic mass is 10.2. The molecule has 18 heavy (non-hydrogen) atoms. The van der Waals surface area contributed by atoms with E-state index in [9.17, 15) is 4.79 Å². The Kier molecular flexibility index (Phi) is 5.87. The van der Waals surface area contributed by atoms with Crippen molar-refractivity contribution in [2.24, 2.45) is 0 Å². The summed E-state index contributed by atoms with van der Waals surface area (Å²) in [4.78, 5) is 11.9. The maximum absolute atomic E-state index is 11.9. The second-order valence-electron chi connectivity index (χ2n) is 4.26. The standard InChI is InChI=1S/C11H20N4O2S/c1-7(2)14-10(17)8-9(12)15-18-11(8)13-5-3-4-6-16/h7,13,16H,3-6H2,1-2H3,(H2,12,15)(H,14,17). The van der Waals surface area contributed by atoms with Crippen molar-refractivity contribution in [2.75, 3.05) is 24.2 Å². The molecule has 1 amide bonds. The largest absolute Gasteiger partial charge is 0.396 e. The zero-order valence-electron chi connectivity index (χ0n) is 10.7. The summed E-state index contributed by atoms with van der Waals surface area (Å²) in [7, 11) is 0. The number of carbonyl (C=O) groups excluding carboxylic acids is 1. The number of rotatable bonds is 7. The normalized spacial score (nSPS) is 10.7. The predicted octanol–water partition coefficient (Wildman–Crippen LogP) is 1.05. The minimum absolute atomic E-state index is 0.0547. The molecule has 0 aliphatic heterocycles. The second kappa shape index (κ2) is 7.17. The monoisotopic (exact) mass is 272 g/mol. The highest BCUT2D eigenvalue weighted by atomic mass is 32.1. The molecule has 0 aliphatic carbocycles. The Morgan fingerprint density at radius 1 is 1.50 bits per heavy atom. The average molecular weight is 272 g/mol. The summed E-state index contributed by atoms with van der Waals surface area (Å²) in [5.74, 6) is 0.0451. The Bertz CT molecular complexity index is 392. The van der Waals surface area contributed by atoms with Crippen LogP contribution in [0.15, 0.2) is 0 Å². The van der Waals surface area contributed by atoms with E-state index in [-0.39, 0.29) is 24.4 Å². The summed E-state index contributed by atoms with van der Waals surface area (Å²) >= 11 is 1.18. The fourth-order valence-electron chi connectivity index (χ4n) is 1.42. The Hall–Kier alpha value is -1.34. The van der Waals surface area contributed by atoms with Gasteiger partial charge < -0.3 is 21.5 Å². The third-order valence-corrected chi connectivity index (χ3v) is 3.05. The number of hydrogen-bond acceptors (Lipinski definition) is 6. The Labute approximate surface area is 111 Å². The molecular formula is C11H20N4O2S. The fourth-order valence-corrected chi connectivity index (χ4v) is 2.15. The minimum Gasteiger partial charge on any atom is -0.396 e. The molecule has 0 aliphatic rings. The molecule has 0 unspecified atom stereocenters. The molecule has 7 heteroatoms. The molecule has 0 spiro atoms. The number of nitrogen functional groups attached to an aromatic ring is 1. The number of unbranched alkanes of at least 4 members (excludes halogenated alkanes) is 1. The molecule has 1 rings (SSSR count). The van der Waals surface area contributed by atoms with E-state index in [1.54, 1.807) is 0 Å². The first-order valence-electron chi connectivity index (χ1n) is 5.97. The van der Waals surface area contributed by atoms with Crippen LogP contribution in [0.5, 0.6) is 0 Å². The highest BCUT2D eigenvalue weighted by molar-refractivity contribution is 7.11. The Balaban J connectivity index is 2.66. The van der Waals surface area contributed by atoms with Gasteiger partial charge in [0.05, 0.1) is 0 Å². The molecule has 0 radical (unpaired) electrons. The molecule has 0 fully saturated rings. The molecule has 0 bridgehead atoms. The zero-order valence-corrected chi connectivity index (χ0v) is 11.5. The number of aliphatic hydroxyl groups is 1. The number of hydrogen-bond donors (Lipinski definition) is 4. The van der Waals surface area contributed by atoms with E-state index in [4.69, 9.17) is 10.8 Å². The van der Waals surface area contributed by atoms with E-state index in [1.807, 2.05) is 13.8 Å². The van der Waals surface area contributed by atoms with Crippen molar-refractivity contribution in [1.29, 1.82) is 0 Å². The van der Waals surface area contributed by atoms with Crippen LogP contribution in [0.25, 0.3) is 0 Å². The molecule has 5 N–H and O–H groups in total. The highest BCUT2D eigenvalue weighted by Crippen LogP contribution is 2.26. The molecule has 1 aromatic heterocycles. The summed E-state index contributed by atoms with van der Waals surface area (Å²) in [5.41, 5.74) is 6.12. The van der Waals surface area contributed by atoms with E-state index in [0.29, 0.717) is 17.1 Å². The van der Waals surface area contributed by atoms with Gasteiger partial charge in [0.2, 0.25) is 0 Å². The van der Waals surface area contributed by atoms with E-state index in [1.165, 1.54) is 11.5 Å². The van der Waals surface area contributed by atoms with Crippen LogP contribution in [-0.2, 0) is 0 Å². The molecule has 6 nitrogen and oxygen atoms in total. The number of carbonyl (C=O) groups is 1. The summed E-state index contributed by atoms with van der Waals surface area (Å²) < 4.78 is 3.99. The van der Waals surface area contributed by atoms with Crippen LogP contribution in [-0.4, -0.2) is 34.6 Å². The van der Waals surface area contributed by atoms with Crippen molar-refractivity contribution in [1.82, 2.24) is 9.69 Å². The van der Waals surface area contributed by atoms with Crippen LogP contribution in [0.3, 0.4) is 0 Å². The summed E-state index contributed by atoms with van der Waals surface area (Å²) in [6, 6.07) is 0.0547. The van der Waals surface area contributed by atoms with Crippen molar-refractivity contribution in [3.8, 4) is 0 Å². The number of aromatic nitrogens is 1. The summed E-state index contributed by atoms with van der Waals surface area (Å²) in [5, 5.41) is 15.3. The average Bonchev–Trinajstić information content (AvgIpc) is 2.65. The number of amides is 1. The van der Waals surface area contributed by atoms with Crippen molar-refractivity contribution < 1.29 is 9.90 Å². The van der Waals surface area contributed by atoms with Gasteiger partial charge in [-0.2, -0.15) is 4.37 Å². The molecule has 1 heterocycles. The van der Waals surface area contributed by atoms with Crippen molar-refractivity contribution in [2.45, 2.75) is 32.7 Å². The van der Waals surface area contributed by atoms with Gasteiger partial charge in [-0.1, -0.05) is 0 Å². The number of nitrogens with one attached hydrogen (secondary N) is 2. The molecule has 0 aromatic carbocycles. The SMILES string of the molecule is CC(C)NC(=O)c1c(N)nsc1NCCCCO. The number of nitrogens with zero attached hydrogens (tertiary/aromatic N) is 1. The lowest BCUT2D eigenvalue weighted by Gasteiger charge is -2.10. The smallest absolute Gasteiger partial charge is 0.258 e. The quantitative estimate of drug-likeness (QED) is 0.556. The molecular weight excluding hydrogens is 252 g/mol. The van der Waals surface area contributed by atoms with Gasteiger partial charge in [-0.05, 0) is 38.2 Å². The van der Waals surface area contributed by atoms with Crippen LogP contribution in [0.4, 0.5) is 10.8 Å². The summed E-state index contributed by atoms with van der Waals surface area (Å²) in [6.07, 6.45) is 1.56. The van der Waals surface area contributed by atoms with E-state index >= 15 is 0 Å². The van der Waals surface area contributed by atoms with Crippen LogP contribution in [0.1, 0.15) is 37.0 Å². The minimum atomic E-state index is -0.207. The van der Waals surface area contributed by atoms with Gasteiger partial charge >= 0.3 is 0 Å². The fraction of sp³-hybridized carbons (Fsp3) is 0.636. The number of nitrogens with two attached hydrogens (primary N) is 1. The third kappa shape index (κ3) is 4.15. The van der Waals surface area contributed by atoms with Gasteiger partial charge in [-0.15, -0.1) is 0 Å². The molecule has 102 valence electrons. The zero-order chi connectivity index (χ0) is 13.5. The Morgan fingerprint density at radius 2 is 2.22 bits per heavy atom. The van der Waals surface area contributed by atoms with Crippen LogP contribution in [0, 0.1) is 0 Å². The third-order valence-electron chi connectivity index (χ3n) is 2.24. The van der Waals surface area contributed by atoms with Gasteiger partial charge in [-0.3, -0.25) is 4.79 Å². The van der Waals surface area contributed by atoms with Gasteiger partial charge in [0.25, 0.3) is 5.91 Å². The van der Waals surface area contributed by atoms with E-state index in [2.05, 4.69) is 15.0 Å². The Morgan fingerprint density at radius 3 is 2.83 bits per heavy atom. The maximum Gasteiger partial charge on any atom is 0.258 e. The maximum atomic E-state index is 11.9. The van der Waals surface area contributed by atoms with Gasteiger partial charge in [0.1, 0.15) is 10.6 Å².